The highest BCUT2D eigenvalue weighted by atomic mass is 16.4. The van der Waals surface area contributed by atoms with E-state index in [1.54, 1.807) is 0 Å². The summed E-state index contributed by atoms with van der Waals surface area (Å²) in [6, 6.07) is 0.576. The van der Waals surface area contributed by atoms with E-state index in [0.717, 1.165) is 32.6 Å². The number of carboxylic acids is 1. The van der Waals surface area contributed by atoms with Crippen molar-refractivity contribution in [3.63, 3.8) is 0 Å². The first-order valence-corrected chi connectivity index (χ1v) is 6.37. The number of hydrogen-bond donors (Lipinski definition) is 3. The fourth-order valence-electron chi connectivity index (χ4n) is 2.06. The van der Waals surface area contributed by atoms with Crippen LogP contribution in [0.3, 0.4) is 0 Å². The molecule has 0 aliphatic carbocycles. The number of carbonyl (C=O) groups is 1. The van der Waals surface area contributed by atoms with E-state index in [-0.39, 0.29) is 12.0 Å². The predicted molar refractivity (Wildman–Crippen MR) is 68.2 cm³/mol. The van der Waals surface area contributed by atoms with Gasteiger partial charge in [-0.15, -0.1) is 0 Å². The summed E-state index contributed by atoms with van der Waals surface area (Å²) in [4.78, 5) is 13.1. The van der Waals surface area contributed by atoms with Crippen molar-refractivity contribution >= 4 is 5.97 Å². The summed E-state index contributed by atoms with van der Waals surface area (Å²) in [5, 5.41) is 15.4. The predicted octanol–water partition coefficient (Wildman–Crippen LogP) is 0.123. The lowest BCUT2D eigenvalue weighted by Gasteiger charge is -2.43. The van der Waals surface area contributed by atoms with Gasteiger partial charge in [-0.1, -0.05) is 6.92 Å². The lowest BCUT2D eigenvalue weighted by Crippen LogP contribution is -2.69. The summed E-state index contributed by atoms with van der Waals surface area (Å²) in [6.07, 6.45) is 1.34. The molecule has 1 unspecified atom stereocenters. The molecule has 1 rings (SSSR count). The topological polar surface area (TPSA) is 64.6 Å². The van der Waals surface area contributed by atoms with Crippen LogP contribution in [0.1, 0.15) is 26.7 Å². The second-order valence-corrected chi connectivity index (χ2v) is 5.12. The lowest BCUT2D eigenvalue weighted by atomic mass is 9.88. The largest absolute Gasteiger partial charge is 0.481 e. The van der Waals surface area contributed by atoms with Crippen molar-refractivity contribution in [3.8, 4) is 0 Å². The molecule has 100 valence electrons. The zero-order valence-corrected chi connectivity index (χ0v) is 11.1. The average Bonchev–Trinajstić information content (AvgIpc) is 2.23. The first kappa shape index (κ1) is 14.4. The highest BCUT2D eigenvalue weighted by Crippen LogP contribution is 2.15. The summed E-state index contributed by atoms with van der Waals surface area (Å²) in [6.45, 7) is 7.69. The molecule has 3 N–H and O–H groups in total. The quantitative estimate of drug-likeness (QED) is 0.565. The van der Waals surface area contributed by atoms with E-state index in [1.165, 1.54) is 0 Å². The van der Waals surface area contributed by atoms with E-state index in [0.29, 0.717) is 6.04 Å². The highest BCUT2D eigenvalue weighted by Gasteiger charge is 2.38. The summed E-state index contributed by atoms with van der Waals surface area (Å²) < 4.78 is 0. The van der Waals surface area contributed by atoms with Crippen molar-refractivity contribution < 1.29 is 9.90 Å². The van der Waals surface area contributed by atoms with E-state index < -0.39 is 5.97 Å². The van der Waals surface area contributed by atoms with Crippen molar-refractivity contribution in [2.24, 2.45) is 0 Å². The molecule has 1 aliphatic rings. The molecule has 0 spiro atoms. The van der Waals surface area contributed by atoms with Crippen molar-refractivity contribution in [1.29, 1.82) is 0 Å². The van der Waals surface area contributed by atoms with Crippen LogP contribution in [-0.2, 0) is 4.79 Å². The van der Waals surface area contributed by atoms with Gasteiger partial charge in [-0.05, 0) is 20.4 Å². The Kier molecular flexibility index (Phi) is 5.36. The minimum atomic E-state index is -0.728. The number of aliphatic carboxylic acids is 1. The number of hydrogen-bond acceptors (Lipinski definition) is 4. The van der Waals surface area contributed by atoms with Gasteiger partial charge in [0.25, 0.3) is 0 Å². The average molecular weight is 243 g/mol. The van der Waals surface area contributed by atoms with Crippen LogP contribution in [0, 0.1) is 0 Å². The van der Waals surface area contributed by atoms with Crippen molar-refractivity contribution in [1.82, 2.24) is 15.5 Å². The van der Waals surface area contributed by atoms with Gasteiger partial charge in [0.15, 0.2) is 0 Å². The normalized spacial score (nSPS) is 20.0. The minimum absolute atomic E-state index is 0.201. The van der Waals surface area contributed by atoms with Crippen molar-refractivity contribution in [2.45, 2.75) is 38.3 Å². The van der Waals surface area contributed by atoms with Gasteiger partial charge in [0.2, 0.25) is 0 Å². The second kappa shape index (κ2) is 6.33. The molecule has 1 atom stereocenters. The molecule has 5 nitrogen and oxygen atoms in total. The highest BCUT2D eigenvalue weighted by molar-refractivity contribution is 5.68. The zero-order chi connectivity index (χ0) is 12.9. The van der Waals surface area contributed by atoms with Gasteiger partial charge in [-0.2, -0.15) is 0 Å². The zero-order valence-electron chi connectivity index (χ0n) is 11.1. The van der Waals surface area contributed by atoms with Crippen molar-refractivity contribution in [3.05, 3.63) is 0 Å². The molecule has 5 heteroatoms. The van der Waals surface area contributed by atoms with E-state index in [4.69, 9.17) is 5.11 Å². The third-order valence-electron chi connectivity index (χ3n) is 3.72. The molecule has 17 heavy (non-hydrogen) atoms. The van der Waals surface area contributed by atoms with Crippen LogP contribution in [0.2, 0.25) is 0 Å². The molecule has 0 aromatic heterocycles. The Balaban J connectivity index is 2.26. The maximum absolute atomic E-state index is 10.8. The van der Waals surface area contributed by atoms with E-state index in [1.807, 2.05) is 0 Å². The molecule has 1 saturated heterocycles. The number of nitrogens with zero attached hydrogens (tertiary/aromatic N) is 1. The first-order valence-electron chi connectivity index (χ1n) is 6.37. The van der Waals surface area contributed by atoms with Crippen LogP contribution in [0.25, 0.3) is 0 Å². The van der Waals surface area contributed by atoms with Crippen LogP contribution in [-0.4, -0.2) is 60.8 Å². The SMILES string of the molecule is CCC(C)N(C)CCNC1(CC(=O)O)CNC1. The van der Waals surface area contributed by atoms with Gasteiger partial charge in [0.05, 0.1) is 12.0 Å². The molecular weight excluding hydrogens is 218 g/mol. The summed E-state index contributed by atoms with van der Waals surface area (Å²) >= 11 is 0. The summed E-state index contributed by atoms with van der Waals surface area (Å²) in [5.41, 5.74) is -0.220. The minimum Gasteiger partial charge on any atom is -0.481 e. The van der Waals surface area contributed by atoms with Crippen LogP contribution in [0.4, 0.5) is 0 Å². The van der Waals surface area contributed by atoms with E-state index >= 15 is 0 Å². The molecule has 1 fully saturated rings. The summed E-state index contributed by atoms with van der Waals surface area (Å²) in [7, 11) is 2.11. The Morgan fingerprint density at radius 3 is 2.65 bits per heavy atom. The van der Waals surface area contributed by atoms with E-state index in [9.17, 15) is 4.79 Å². The number of likely N-dealkylation sites (N-methyl/N-ethyl adjacent to an activating group) is 1. The van der Waals surface area contributed by atoms with Gasteiger partial charge in [0, 0.05) is 32.2 Å². The third-order valence-corrected chi connectivity index (χ3v) is 3.72. The Morgan fingerprint density at radius 1 is 1.59 bits per heavy atom. The maximum Gasteiger partial charge on any atom is 0.305 e. The van der Waals surface area contributed by atoms with Crippen molar-refractivity contribution in [2.75, 3.05) is 33.2 Å². The number of nitrogens with one attached hydrogen (secondary N) is 2. The standard InChI is InChI=1S/C12H25N3O2/c1-4-10(2)15(3)6-5-14-12(7-11(16)17)8-13-9-12/h10,13-14H,4-9H2,1-3H3,(H,16,17). The second-order valence-electron chi connectivity index (χ2n) is 5.12. The van der Waals surface area contributed by atoms with Crippen LogP contribution in [0.15, 0.2) is 0 Å². The molecule has 1 heterocycles. The molecule has 0 amide bonds. The Labute approximate surface area is 104 Å². The van der Waals surface area contributed by atoms with E-state index in [2.05, 4.69) is 36.4 Å². The van der Waals surface area contributed by atoms with Crippen LogP contribution < -0.4 is 10.6 Å². The van der Waals surface area contributed by atoms with Crippen LogP contribution >= 0.6 is 0 Å². The Hall–Kier alpha value is -0.650. The fraction of sp³-hybridized carbons (Fsp3) is 0.917. The number of carboxylic acid groups (broad SMARTS) is 1. The molecule has 0 radical (unpaired) electrons. The number of rotatable bonds is 8. The molecule has 0 aromatic carbocycles. The first-order chi connectivity index (χ1) is 7.99. The van der Waals surface area contributed by atoms with Gasteiger partial charge < -0.3 is 20.6 Å². The Morgan fingerprint density at radius 2 is 2.24 bits per heavy atom. The molecular formula is C12H25N3O2. The molecule has 0 saturated carbocycles. The lowest BCUT2D eigenvalue weighted by molar-refractivity contribution is -0.139. The summed E-state index contributed by atoms with van der Waals surface area (Å²) in [5.74, 6) is -0.728. The molecule has 0 aromatic rings. The van der Waals surface area contributed by atoms with Gasteiger partial charge >= 0.3 is 5.97 Å². The maximum atomic E-state index is 10.8. The third kappa shape index (κ3) is 4.26. The Bertz CT molecular complexity index is 254. The molecule has 0 bridgehead atoms. The van der Waals surface area contributed by atoms with Gasteiger partial charge in [-0.3, -0.25) is 4.79 Å². The van der Waals surface area contributed by atoms with Gasteiger partial charge in [-0.25, -0.2) is 0 Å². The smallest absolute Gasteiger partial charge is 0.305 e. The fourth-order valence-corrected chi connectivity index (χ4v) is 2.06. The van der Waals surface area contributed by atoms with Crippen LogP contribution in [0.5, 0.6) is 0 Å². The van der Waals surface area contributed by atoms with Gasteiger partial charge in [0.1, 0.15) is 0 Å². The molecule has 1 aliphatic heterocycles. The monoisotopic (exact) mass is 243 g/mol.